The van der Waals surface area contributed by atoms with Crippen molar-refractivity contribution >= 4 is 21.7 Å². The maximum atomic E-state index is 11.4. The van der Waals surface area contributed by atoms with Crippen molar-refractivity contribution in [2.75, 3.05) is 11.9 Å². The molecule has 1 aliphatic heterocycles. The Morgan fingerprint density at radius 3 is 3.19 bits per heavy atom. The molecule has 2 atom stereocenters. The molecule has 2 unspecified atom stereocenters. The van der Waals surface area contributed by atoms with Crippen LogP contribution in [-0.4, -0.2) is 28.6 Å². The van der Waals surface area contributed by atoms with Crippen LogP contribution in [0, 0.1) is 0 Å². The highest BCUT2D eigenvalue weighted by molar-refractivity contribution is 9.10. The quantitative estimate of drug-likeness (QED) is 0.761. The topological polar surface area (TPSA) is 69.8 Å². The third-order valence-corrected chi connectivity index (χ3v) is 3.50. The Kier molecular flexibility index (Phi) is 3.60. The summed E-state index contributed by atoms with van der Waals surface area (Å²) in [5.41, 5.74) is -0.153. The fourth-order valence-electron chi connectivity index (χ4n) is 1.94. The second kappa shape index (κ2) is 4.97. The van der Waals surface area contributed by atoms with Gasteiger partial charge >= 0.3 is 0 Å². The van der Waals surface area contributed by atoms with E-state index in [1.54, 1.807) is 0 Å². The first-order chi connectivity index (χ1) is 7.66. The molecule has 5 nitrogen and oxygen atoms in total. The van der Waals surface area contributed by atoms with Crippen LogP contribution in [0.3, 0.4) is 0 Å². The van der Waals surface area contributed by atoms with E-state index in [0.717, 1.165) is 19.4 Å². The van der Waals surface area contributed by atoms with Gasteiger partial charge in [-0.2, -0.15) is 0 Å². The largest absolute Gasteiger partial charge is 0.366 e. The van der Waals surface area contributed by atoms with Gasteiger partial charge in [-0.3, -0.25) is 4.79 Å². The van der Waals surface area contributed by atoms with E-state index in [4.69, 9.17) is 0 Å². The molecule has 2 heterocycles. The zero-order valence-corrected chi connectivity index (χ0v) is 10.7. The molecule has 1 fully saturated rings. The average molecular weight is 287 g/mol. The third kappa shape index (κ3) is 2.62. The molecule has 88 valence electrons. The van der Waals surface area contributed by atoms with Crippen LogP contribution in [0.15, 0.2) is 15.6 Å². The molecule has 1 aromatic heterocycles. The van der Waals surface area contributed by atoms with E-state index in [2.05, 4.69) is 43.5 Å². The van der Waals surface area contributed by atoms with Gasteiger partial charge in [-0.05, 0) is 42.2 Å². The van der Waals surface area contributed by atoms with Gasteiger partial charge in [-0.15, -0.1) is 0 Å². The summed E-state index contributed by atoms with van der Waals surface area (Å²) in [7, 11) is 0. The van der Waals surface area contributed by atoms with E-state index in [0.29, 0.717) is 22.4 Å². The molecular weight excluding hydrogens is 272 g/mol. The van der Waals surface area contributed by atoms with Gasteiger partial charge in [0.1, 0.15) is 10.3 Å². The van der Waals surface area contributed by atoms with Gasteiger partial charge in [0.15, 0.2) is 0 Å². The maximum absolute atomic E-state index is 11.4. The molecular formula is C10H15BrN4O. The minimum absolute atomic E-state index is 0.153. The molecule has 6 heteroatoms. The van der Waals surface area contributed by atoms with Crippen molar-refractivity contribution in [3.8, 4) is 0 Å². The molecule has 16 heavy (non-hydrogen) atoms. The van der Waals surface area contributed by atoms with Gasteiger partial charge < -0.3 is 15.6 Å². The number of piperidine rings is 1. The van der Waals surface area contributed by atoms with E-state index in [-0.39, 0.29) is 5.56 Å². The zero-order valence-electron chi connectivity index (χ0n) is 9.09. The number of nitrogens with one attached hydrogen (secondary N) is 3. The summed E-state index contributed by atoms with van der Waals surface area (Å²) < 4.78 is 0.473. The minimum atomic E-state index is -0.153. The number of nitrogens with zero attached hydrogens (tertiary/aromatic N) is 1. The Balaban J connectivity index is 2.08. The van der Waals surface area contributed by atoms with Crippen molar-refractivity contribution in [1.29, 1.82) is 0 Å². The molecule has 1 saturated heterocycles. The summed E-state index contributed by atoms with van der Waals surface area (Å²) >= 11 is 3.24. The van der Waals surface area contributed by atoms with Crippen molar-refractivity contribution in [1.82, 2.24) is 15.3 Å². The second-order valence-electron chi connectivity index (χ2n) is 4.12. The number of halogens is 1. The standard InChI is InChI=1S/C10H15BrN4O/c1-6-4-7(2-3-12-6)15-9-8(11)10(16)14-5-13-9/h5-7,12H,2-4H2,1H3,(H2,13,14,15,16). The van der Waals surface area contributed by atoms with Gasteiger partial charge in [0.25, 0.3) is 5.56 Å². The highest BCUT2D eigenvalue weighted by Crippen LogP contribution is 2.18. The fraction of sp³-hybridized carbons (Fsp3) is 0.600. The molecule has 0 aromatic carbocycles. The predicted molar refractivity (Wildman–Crippen MR) is 66.7 cm³/mol. The monoisotopic (exact) mass is 286 g/mol. The smallest absolute Gasteiger partial charge is 0.267 e. The van der Waals surface area contributed by atoms with E-state index in [1.165, 1.54) is 6.33 Å². The molecule has 1 aromatic rings. The van der Waals surface area contributed by atoms with Gasteiger partial charge in [0.05, 0.1) is 6.33 Å². The highest BCUT2D eigenvalue weighted by atomic mass is 79.9. The van der Waals surface area contributed by atoms with Crippen molar-refractivity contribution in [2.45, 2.75) is 31.8 Å². The van der Waals surface area contributed by atoms with E-state index in [9.17, 15) is 4.79 Å². The van der Waals surface area contributed by atoms with Crippen LogP contribution in [-0.2, 0) is 0 Å². The number of aromatic nitrogens is 2. The lowest BCUT2D eigenvalue weighted by molar-refractivity contribution is 0.395. The summed E-state index contributed by atoms with van der Waals surface area (Å²) in [6.07, 6.45) is 3.51. The lowest BCUT2D eigenvalue weighted by Gasteiger charge is -2.29. The van der Waals surface area contributed by atoms with E-state index >= 15 is 0 Å². The molecule has 0 amide bonds. The SMILES string of the molecule is CC1CC(Nc2nc[nH]c(=O)c2Br)CCN1. The predicted octanol–water partition coefficient (Wildman–Crippen LogP) is 1.08. The van der Waals surface area contributed by atoms with Crippen LogP contribution in [0.1, 0.15) is 19.8 Å². The lowest BCUT2D eigenvalue weighted by atomic mass is 10.0. The van der Waals surface area contributed by atoms with Crippen molar-refractivity contribution in [3.05, 3.63) is 21.2 Å². The first kappa shape index (κ1) is 11.6. The van der Waals surface area contributed by atoms with Crippen molar-refractivity contribution in [3.63, 3.8) is 0 Å². The summed E-state index contributed by atoms with van der Waals surface area (Å²) in [5, 5.41) is 6.69. The van der Waals surface area contributed by atoms with Crippen LogP contribution < -0.4 is 16.2 Å². The number of hydrogen-bond acceptors (Lipinski definition) is 4. The summed E-state index contributed by atoms with van der Waals surface area (Å²) in [6, 6.07) is 0.883. The van der Waals surface area contributed by atoms with Gasteiger partial charge in [0, 0.05) is 12.1 Å². The zero-order chi connectivity index (χ0) is 11.5. The van der Waals surface area contributed by atoms with E-state index < -0.39 is 0 Å². The average Bonchev–Trinajstić information content (AvgIpc) is 2.25. The van der Waals surface area contributed by atoms with Crippen LogP contribution in [0.2, 0.25) is 0 Å². The molecule has 1 aliphatic rings. The van der Waals surface area contributed by atoms with Gasteiger partial charge in [-0.1, -0.05) is 0 Å². The highest BCUT2D eigenvalue weighted by Gasteiger charge is 2.19. The molecule has 0 saturated carbocycles. The lowest BCUT2D eigenvalue weighted by Crippen LogP contribution is -2.41. The number of H-pyrrole nitrogens is 1. The molecule has 2 rings (SSSR count). The summed E-state index contributed by atoms with van der Waals surface area (Å²) in [4.78, 5) is 18.0. The molecule has 0 aliphatic carbocycles. The molecule has 0 bridgehead atoms. The molecule has 0 spiro atoms. The number of rotatable bonds is 2. The number of anilines is 1. The minimum Gasteiger partial charge on any atom is -0.366 e. The van der Waals surface area contributed by atoms with Crippen LogP contribution in [0.25, 0.3) is 0 Å². The number of hydrogen-bond donors (Lipinski definition) is 3. The van der Waals surface area contributed by atoms with Gasteiger partial charge in [0.2, 0.25) is 0 Å². The van der Waals surface area contributed by atoms with Crippen molar-refractivity contribution < 1.29 is 0 Å². The van der Waals surface area contributed by atoms with Crippen LogP contribution >= 0.6 is 15.9 Å². The first-order valence-electron chi connectivity index (χ1n) is 5.40. The Morgan fingerprint density at radius 2 is 2.44 bits per heavy atom. The Morgan fingerprint density at radius 1 is 1.62 bits per heavy atom. The molecule has 3 N–H and O–H groups in total. The third-order valence-electron chi connectivity index (χ3n) is 2.76. The fourth-order valence-corrected chi connectivity index (χ4v) is 2.27. The van der Waals surface area contributed by atoms with Gasteiger partial charge in [-0.25, -0.2) is 4.98 Å². The first-order valence-corrected chi connectivity index (χ1v) is 6.19. The second-order valence-corrected chi connectivity index (χ2v) is 4.91. The Bertz CT molecular complexity index is 420. The molecule has 0 radical (unpaired) electrons. The van der Waals surface area contributed by atoms with E-state index in [1.807, 2.05) is 0 Å². The Hall–Kier alpha value is -0.880. The van der Waals surface area contributed by atoms with Crippen LogP contribution in [0.4, 0.5) is 5.82 Å². The summed E-state index contributed by atoms with van der Waals surface area (Å²) in [5.74, 6) is 0.628. The van der Waals surface area contributed by atoms with Crippen molar-refractivity contribution in [2.24, 2.45) is 0 Å². The Labute approximate surface area is 102 Å². The normalized spacial score (nSPS) is 25.4. The summed E-state index contributed by atoms with van der Waals surface area (Å²) in [6.45, 7) is 3.16. The van der Waals surface area contributed by atoms with Crippen LogP contribution in [0.5, 0.6) is 0 Å². The maximum Gasteiger partial charge on any atom is 0.267 e. The number of aromatic amines is 1.